The Morgan fingerprint density at radius 1 is 1.35 bits per heavy atom. The SMILES string of the molecule is Cc1ccccc1[C@H](O)CNC(=O)c1cc(Cl)ccc1[N+](=O)[O-]. The largest absolute Gasteiger partial charge is 0.387 e. The maximum Gasteiger partial charge on any atom is 0.282 e. The number of nitro groups is 1. The van der Waals surface area contributed by atoms with Crippen LogP contribution in [0.25, 0.3) is 0 Å². The number of carbonyl (C=O) groups is 1. The molecule has 0 aliphatic carbocycles. The first-order valence-corrected chi connectivity index (χ1v) is 7.23. The van der Waals surface area contributed by atoms with Gasteiger partial charge in [0.1, 0.15) is 5.56 Å². The van der Waals surface area contributed by atoms with Gasteiger partial charge in [-0.1, -0.05) is 35.9 Å². The van der Waals surface area contributed by atoms with E-state index in [9.17, 15) is 20.0 Å². The third kappa shape index (κ3) is 4.06. The number of nitro benzene ring substituents is 1. The highest BCUT2D eigenvalue weighted by Crippen LogP contribution is 2.23. The second kappa shape index (κ2) is 7.21. The van der Waals surface area contributed by atoms with Crippen molar-refractivity contribution in [1.82, 2.24) is 5.32 Å². The molecule has 0 aliphatic heterocycles. The molecule has 0 unspecified atom stereocenters. The van der Waals surface area contributed by atoms with Gasteiger partial charge in [0.15, 0.2) is 0 Å². The Morgan fingerprint density at radius 2 is 2.04 bits per heavy atom. The van der Waals surface area contributed by atoms with Gasteiger partial charge in [0.2, 0.25) is 0 Å². The van der Waals surface area contributed by atoms with Crippen LogP contribution in [0.3, 0.4) is 0 Å². The van der Waals surface area contributed by atoms with E-state index in [4.69, 9.17) is 11.6 Å². The fourth-order valence-corrected chi connectivity index (χ4v) is 2.38. The summed E-state index contributed by atoms with van der Waals surface area (Å²) in [5, 5.41) is 23.8. The van der Waals surface area contributed by atoms with Crippen LogP contribution in [0, 0.1) is 17.0 Å². The number of aliphatic hydroxyl groups is 1. The highest BCUT2D eigenvalue weighted by molar-refractivity contribution is 6.31. The normalized spacial score (nSPS) is 11.8. The molecule has 2 rings (SSSR count). The molecular weight excluding hydrogens is 320 g/mol. The number of nitrogens with one attached hydrogen (secondary N) is 1. The zero-order chi connectivity index (χ0) is 17.0. The molecule has 0 saturated heterocycles. The lowest BCUT2D eigenvalue weighted by atomic mass is 10.0. The fraction of sp³-hybridized carbons (Fsp3) is 0.188. The Balaban J connectivity index is 2.13. The molecule has 120 valence electrons. The number of hydrogen-bond acceptors (Lipinski definition) is 4. The van der Waals surface area contributed by atoms with Crippen molar-refractivity contribution in [3.8, 4) is 0 Å². The van der Waals surface area contributed by atoms with Crippen molar-refractivity contribution < 1.29 is 14.8 Å². The molecular formula is C16H15ClN2O4. The number of carbonyl (C=O) groups excluding carboxylic acids is 1. The van der Waals surface area contributed by atoms with Crippen molar-refractivity contribution in [3.05, 3.63) is 74.3 Å². The standard InChI is InChI=1S/C16H15ClN2O4/c1-10-4-2-3-5-12(10)15(20)9-18-16(21)13-8-11(17)6-7-14(13)19(22)23/h2-8,15,20H,9H2,1H3,(H,18,21)/t15-/m1/s1. The third-order valence-corrected chi connectivity index (χ3v) is 3.64. The van der Waals surface area contributed by atoms with Gasteiger partial charge in [0.05, 0.1) is 11.0 Å². The first kappa shape index (κ1) is 16.9. The van der Waals surface area contributed by atoms with Crippen LogP contribution < -0.4 is 5.32 Å². The summed E-state index contributed by atoms with van der Waals surface area (Å²) in [6.07, 6.45) is -0.904. The van der Waals surface area contributed by atoms with E-state index in [1.165, 1.54) is 18.2 Å². The average molecular weight is 335 g/mol. The van der Waals surface area contributed by atoms with E-state index < -0.39 is 16.9 Å². The smallest absolute Gasteiger partial charge is 0.282 e. The number of amides is 1. The number of aryl methyl sites for hydroxylation is 1. The molecule has 0 saturated carbocycles. The topological polar surface area (TPSA) is 92.5 Å². The lowest BCUT2D eigenvalue weighted by Gasteiger charge is -2.14. The number of hydrogen-bond donors (Lipinski definition) is 2. The minimum absolute atomic E-state index is 0.0621. The molecule has 0 radical (unpaired) electrons. The zero-order valence-corrected chi connectivity index (χ0v) is 13.1. The van der Waals surface area contributed by atoms with Crippen molar-refractivity contribution in [2.45, 2.75) is 13.0 Å². The van der Waals surface area contributed by atoms with E-state index in [1.807, 2.05) is 19.1 Å². The summed E-state index contributed by atoms with van der Waals surface area (Å²) in [5.41, 5.74) is 1.10. The van der Waals surface area contributed by atoms with Crippen molar-refractivity contribution in [3.63, 3.8) is 0 Å². The van der Waals surface area contributed by atoms with Gasteiger partial charge in [-0.2, -0.15) is 0 Å². The number of rotatable bonds is 5. The van der Waals surface area contributed by atoms with E-state index in [1.54, 1.807) is 12.1 Å². The molecule has 0 heterocycles. The molecule has 1 amide bonds. The molecule has 0 bridgehead atoms. The van der Waals surface area contributed by atoms with Crippen LogP contribution in [0.5, 0.6) is 0 Å². The predicted octanol–water partition coefficient (Wildman–Crippen LogP) is 3.02. The molecule has 0 aromatic heterocycles. The molecule has 0 fully saturated rings. The summed E-state index contributed by atoms with van der Waals surface area (Å²) in [6, 6.07) is 11.0. The molecule has 0 spiro atoms. The minimum Gasteiger partial charge on any atom is -0.387 e. The molecule has 2 N–H and O–H groups in total. The summed E-state index contributed by atoms with van der Waals surface area (Å²) < 4.78 is 0. The van der Waals surface area contributed by atoms with Crippen LogP contribution in [-0.4, -0.2) is 22.5 Å². The molecule has 7 heteroatoms. The molecule has 6 nitrogen and oxygen atoms in total. The fourth-order valence-electron chi connectivity index (χ4n) is 2.20. The van der Waals surface area contributed by atoms with E-state index in [2.05, 4.69) is 5.32 Å². The van der Waals surface area contributed by atoms with Crippen LogP contribution in [0.15, 0.2) is 42.5 Å². The van der Waals surface area contributed by atoms with Crippen molar-refractivity contribution >= 4 is 23.2 Å². The van der Waals surface area contributed by atoms with Gasteiger partial charge in [-0.15, -0.1) is 0 Å². The number of halogens is 1. The first-order valence-electron chi connectivity index (χ1n) is 6.86. The van der Waals surface area contributed by atoms with Crippen LogP contribution in [0.4, 0.5) is 5.69 Å². The number of benzene rings is 2. The van der Waals surface area contributed by atoms with E-state index in [-0.39, 0.29) is 22.8 Å². The first-order chi connectivity index (χ1) is 10.9. The van der Waals surface area contributed by atoms with Crippen LogP contribution in [0.1, 0.15) is 27.6 Å². The summed E-state index contributed by atoms with van der Waals surface area (Å²) in [4.78, 5) is 22.5. The maximum absolute atomic E-state index is 12.2. The molecule has 2 aromatic rings. The van der Waals surface area contributed by atoms with Crippen molar-refractivity contribution in [1.29, 1.82) is 0 Å². The number of aliphatic hydroxyl groups excluding tert-OH is 1. The monoisotopic (exact) mass is 334 g/mol. The van der Waals surface area contributed by atoms with Gasteiger partial charge in [-0.25, -0.2) is 0 Å². The van der Waals surface area contributed by atoms with Crippen molar-refractivity contribution in [2.24, 2.45) is 0 Å². The Labute approximate surface area is 137 Å². The zero-order valence-electron chi connectivity index (χ0n) is 12.3. The van der Waals surface area contributed by atoms with Gasteiger partial charge in [-0.05, 0) is 30.2 Å². The van der Waals surface area contributed by atoms with Gasteiger partial charge in [0.25, 0.3) is 11.6 Å². The van der Waals surface area contributed by atoms with Gasteiger partial charge in [0, 0.05) is 17.6 Å². The van der Waals surface area contributed by atoms with E-state index >= 15 is 0 Å². The Hall–Kier alpha value is -2.44. The van der Waals surface area contributed by atoms with Crippen LogP contribution >= 0.6 is 11.6 Å². The summed E-state index contributed by atoms with van der Waals surface area (Å²) >= 11 is 5.79. The van der Waals surface area contributed by atoms with Crippen molar-refractivity contribution in [2.75, 3.05) is 6.54 Å². The summed E-state index contributed by atoms with van der Waals surface area (Å²) in [7, 11) is 0. The lowest BCUT2D eigenvalue weighted by molar-refractivity contribution is -0.385. The summed E-state index contributed by atoms with van der Waals surface area (Å²) in [5.74, 6) is -0.660. The molecule has 1 atom stereocenters. The molecule has 0 aliphatic rings. The van der Waals surface area contributed by atoms with E-state index in [0.29, 0.717) is 5.56 Å². The van der Waals surface area contributed by atoms with Crippen LogP contribution in [0.2, 0.25) is 5.02 Å². The van der Waals surface area contributed by atoms with E-state index in [0.717, 1.165) is 5.56 Å². The Kier molecular flexibility index (Phi) is 5.31. The lowest BCUT2D eigenvalue weighted by Crippen LogP contribution is -2.29. The quantitative estimate of drug-likeness (QED) is 0.649. The highest BCUT2D eigenvalue weighted by atomic mass is 35.5. The van der Waals surface area contributed by atoms with Gasteiger partial charge < -0.3 is 10.4 Å². The molecule has 2 aromatic carbocycles. The predicted molar refractivity (Wildman–Crippen MR) is 86.6 cm³/mol. The molecule has 23 heavy (non-hydrogen) atoms. The Morgan fingerprint density at radius 3 is 2.70 bits per heavy atom. The second-order valence-electron chi connectivity index (χ2n) is 5.00. The number of nitrogens with zero attached hydrogens (tertiary/aromatic N) is 1. The maximum atomic E-state index is 12.2. The van der Waals surface area contributed by atoms with Gasteiger partial charge in [-0.3, -0.25) is 14.9 Å². The average Bonchev–Trinajstić information content (AvgIpc) is 2.52. The van der Waals surface area contributed by atoms with Crippen LogP contribution in [-0.2, 0) is 0 Å². The Bertz CT molecular complexity index is 749. The second-order valence-corrected chi connectivity index (χ2v) is 5.44. The third-order valence-electron chi connectivity index (χ3n) is 3.40. The van der Waals surface area contributed by atoms with Gasteiger partial charge >= 0.3 is 0 Å². The minimum atomic E-state index is -0.904. The highest BCUT2D eigenvalue weighted by Gasteiger charge is 2.21. The summed E-state index contributed by atoms with van der Waals surface area (Å²) in [6.45, 7) is 1.79.